The van der Waals surface area contributed by atoms with E-state index < -0.39 is 149 Å². The number of rotatable bonds is 60. The van der Waals surface area contributed by atoms with Gasteiger partial charge in [-0.05, 0) is 64.7 Å². The second-order valence-corrected chi connectivity index (χ2v) is 28.2. The summed E-state index contributed by atoms with van der Waals surface area (Å²) in [4.78, 5) is 113. The minimum absolute atomic E-state index is 0.00337. The van der Waals surface area contributed by atoms with E-state index in [1.54, 1.807) is 0 Å². The lowest BCUT2D eigenvalue weighted by molar-refractivity contribution is -0.270. The molecule has 0 spiro atoms. The smallest absolute Gasteiger partial charge is 0.267 e. The van der Waals surface area contributed by atoms with E-state index in [2.05, 4.69) is 47.1 Å². The summed E-state index contributed by atoms with van der Waals surface area (Å²) in [5, 5.41) is 113. The number of aliphatic hydroxyl groups excluding tert-OH is 9. The van der Waals surface area contributed by atoms with E-state index in [-0.39, 0.29) is 135 Å². The molecule has 3 aliphatic rings. The molecule has 0 aromatic carbocycles. The molecule has 8 amide bonds. The lowest BCUT2D eigenvalue weighted by atomic mass is 9.97. The highest BCUT2D eigenvalue weighted by Crippen LogP contribution is 2.38. The highest BCUT2D eigenvalue weighted by Gasteiger charge is 2.48. The molecule has 107 heavy (non-hydrogen) atoms. The Bertz CT molecular complexity index is 2370. The summed E-state index contributed by atoms with van der Waals surface area (Å²) in [5.41, 5.74) is -1.47. The first-order chi connectivity index (χ1) is 51.2. The lowest BCUT2D eigenvalue weighted by Crippen LogP contribution is -2.64. The van der Waals surface area contributed by atoms with E-state index in [4.69, 9.17) is 47.2 Å². The number of ether oxygens (including phenoxy) is 9. The number of hydrogen-bond donors (Lipinski definition) is 17. The van der Waals surface area contributed by atoms with Gasteiger partial charge in [-0.2, -0.15) is 0 Å². The summed E-state index contributed by atoms with van der Waals surface area (Å²) >= 11 is 0. The van der Waals surface area contributed by atoms with E-state index in [1.165, 1.54) is 27.7 Å². The zero-order valence-corrected chi connectivity index (χ0v) is 63.4. The van der Waals surface area contributed by atoms with Crippen molar-refractivity contribution in [2.75, 3.05) is 119 Å². The molecule has 3 fully saturated rings. The number of aliphatic hydroxyl groups is 9. The van der Waals surface area contributed by atoms with Crippen molar-refractivity contribution in [3.05, 3.63) is 0 Å². The van der Waals surface area contributed by atoms with Gasteiger partial charge >= 0.3 is 0 Å². The molecule has 17 N–H and O–H groups in total. The fraction of sp³-hybridized carbons (Fsp3) is 0.882. The predicted octanol–water partition coefficient (Wildman–Crippen LogP) is -3.66. The average Bonchev–Trinajstić information content (AvgIpc) is 0.833. The number of nitrogens with one attached hydrogen (secondary N) is 8. The third-order valence-electron chi connectivity index (χ3n) is 17.5. The van der Waals surface area contributed by atoms with Crippen LogP contribution in [0.15, 0.2) is 0 Å². The fourth-order valence-corrected chi connectivity index (χ4v) is 12.4. The number of hydrogen-bond acceptors (Lipinski definition) is 30. The van der Waals surface area contributed by atoms with Crippen LogP contribution in [0.1, 0.15) is 169 Å². The molecule has 3 saturated heterocycles. The van der Waals surface area contributed by atoms with Crippen molar-refractivity contribution in [3.63, 3.8) is 0 Å². The molecule has 38 nitrogen and oxygen atoms in total. The minimum Gasteiger partial charge on any atom is -0.756 e. The Kier molecular flexibility index (Phi) is 50.0. The molecule has 0 aromatic rings. The Morgan fingerprint density at radius 1 is 0.383 bits per heavy atom. The van der Waals surface area contributed by atoms with Crippen molar-refractivity contribution < 1.29 is 145 Å². The second kappa shape index (κ2) is 55.5. The fourth-order valence-electron chi connectivity index (χ4n) is 11.7. The van der Waals surface area contributed by atoms with Gasteiger partial charge in [0.15, 0.2) is 18.9 Å². The van der Waals surface area contributed by atoms with Gasteiger partial charge in [-0.1, -0.05) is 51.4 Å². The van der Waals surface area contributed by atoms with Gasteiger partial charge in [0, 0.05) is 98.9 Å². The summed E-state index contributed by atoms with van der Waals surface area (Å²) in [7, 11) is -4.33. The first-order valence-corrected chi connectivity index (χ1v) is 38.9. The van der Waals surface area contributed by atoms with Crippen LogP contribution in [0.2, 0.25) is 0 Å². The molecule has 7 unspecified atom stereocenters. The van der Waals surface area contributed by atoms with Gasteiger partial charge in [-0.3, -0.25) is 42.9 Å². The highest BCUT2D eigenvalue weighted by molar-refractivity contribution is 7.45. The molecule has 0 aliphatic carbocycles. The number of carbonyl (C=O) groups excluding carboxylic acids is 8. The molecule has 39 heteroatoms. The lowest BCUT2D eigenvalue weighted by Gasteiger charge is -2.42. The maximum absolute atomic E-state index is 13.9. The standard InChI is InChI=1S/C68H125N8O30P/c1-5-102-107(94,95)103-35-21-13-9-17-28-69-51(83)23-22-24-55(87)76-68(42-96-36-25-52(84)70-29-14-6-10-18-32-99-65-56(73-45(2)80)62(91)59(88)48(39-77)104-65,43-97-37-26-53(85)71-30-15-7-11-19-33-100-66-57(74-46(3)81)63(92)60(89)49(40-78)105-66)44-98-38-27-54(86)72-31-16-8-12-20-34-101-67-58(75-47(4)82)64(93)61(90)50(41-79)106-67/h48-50,56-67,77-79,88-93H,5-44H2,1-4H3,(H,69,83)(H,70,84)(H,71,85)(H,72,86)(H,73,80)(H,74,81)(H,75,82)(H,76,87)(H,94,95)/p-1/t48?,49?,50?,56?,57?,58?,59-,60-,61-,62+,63+,64+,65+,66+,67+,68?/m0/s1. The van der Waals surface area contributed by atoms with Crippen molar-refractivity contribution in [2.24, 2.45) is 0 Å². The van der Waals surface area contributed by atoms with Crippen LogP contribution >= 0.6 is 7.82 Å². The summed E-state index contributed by atoms with van der Waals surface area (Å²) in [6.07, 6.45) is -5.70. The van der Waals surface area contributed by atoms with Crippen LogP contribution in [0.5, 0.6) is 0 Å². The predicted molar refractivity (Wildman–Crippen MR) is 376 cm³/mol. The Morgan fingerprint density at radius 3 is 0.972 bits per heavy atom. The van der Waals surface area contributed by atoms with Crippen molar-refractivity contribution >= 4 is 55.1 Å². The summed E-state index contributed by atoms with van der Waals surface area (Å²) < 4.78 is 73.4. The molecule has 0 aromatic heterocycles. The summed E-state index contributed by atoms with van der Waals surface area (Å²) in [5.74, 6) is -3.24. The molecule has 622 valence electrons. The average molecular weight is 1560 g/mol. The molecule has 3 rings (SSSR count). The van der Waals surface area contributed by atoms with Gasteiger partial charge in [-0.15, -0.1) is 0 Å². The number of unbranched alkanes of at least 4 members (excludes halogenated alkanes) is 12. The van der Waals surface area contributed by atoms with E-state index in [0.29, 0.717) is 129 Å². The first kappa shape index (κ1) is 96.3. The van der Waals surface area contributed by atoms with Crippen molar-refractivity contribution in [2.45, 2.75) is 266 Å². The number of amides is 8. The van der Waals surface area contributed by atoms with Gasteiger partial charge in [-0.25, -0.2) is 0 Å². The maximum atomic E-state index is 13.9. The second-order valence-electron chi connectivity index (χ2n) is 26.8. The topological polar surface area (TPSA) is 557 Å². The van der Waals surface area contributed by atoms with Gasteiger partial charge < -0.3 is 145 Å². The molecule has 3 aliphatic heterocycles. The zero-order valence-electron chi connectivity index (χ0n) is 62.5. The summed E-state index contributed by atoms with van der Waals surface area (Å²) in [6.45, 7) is 4.12. The molecule has 16 atom stereocenters. The van der Waals surface area contributed by atoms with Crippen molar-refractivity contribution in [1.29, 1.82) is 0 Å². The highest BCUT2D eigenvalue weighted by atomic mass is 31.2. The van der Waals surface area contributed by atoms with Crippen LogP contribution in [0, 0.1) is 0 Å². The number of carbonyl (C=O) groups is 8. The molecule has 0 radical (unpaired) electrons. The molecular formula is C68H124N8O30P-. The maximum Gasteiger partial charge on any atom is 0.267 e. The Morgan fingerprint density at radius 2 is 0.673 bits per heavy atom. The largest absolute Gasteiger partial charge is 0.756 e. The van der Waals surface area contributed by atoms with E-state index in [0.717, 1.165) is 0 Å². The van der Waals surface area contributed by atoms with Crippen LogP contribution in [0.4, 0.5) is 0 Å². The first-order valence-electron chi connectivity index (χ1n) is 37.4. The van der Waals surface area contributed by atoms with Gasteiger partial charge in [0.05, 0.1) is 72.7 Å². The SMILES string of the molecule is CCOP(=O)([O-])OCCCCCCNC(=O)CCCC(=O)NC(COCCC(=O)NCCCCCCO[C@@H]1OC(CO)[C@H](O)[C@H](O)C1NC(C)=O)(COCCC(=O)NCCCCCCO[C@@H]1OC(CO)[C@H](O)[C@H](O)C1NC(C)=O)COCCC(=O)NCCCCCCO[C@@H]1OC(CO)[C@H](O)[C@H](O)C1NC(C)=O. The van der Waals surface area contributed by atoms with E-state index >= 15 is 0 Å². The Hall–Kier alpha value is -4.85. The van der Waals surface area contributed by atoms with E-state index in [1.807, 2.05) is 0 Å². The van der Waals surface area contributed by atoms with Gasteiger partial charge in [0.2, 0.25) is 47.3 Å². The minimum atomic E-state index is -4.33. The number of phosphoric acid groups is 1. The monoisotopic (exact) mass is 1560 g/mol. The van der Waals surface area contributed by atoms with Crippen molar-refractivity contribution in [1.82, 2.24) is 42.5 Å². The summed E-state index contributed by atoms with van der Waals surface area (Å²) in [6, 6.07) is -3.20. The molecule has 0 bridgehead atoms. The third-order valence-corrected chi connectivity index (χ3v) is 18.5. The van der Waals surface area contributed by atoms with Crippen LogP contribution in [-0.4, -0.2) is 309 Å². The molecular weight excluding hydrogens is 1440 g/mol. The van der Waals surface area contributed by atoms with Crippen LogP contribution in [-0.2, 0) is 94.6 Å². The van der Waals surface area contributed by atoms with Crippen LogP contribution < -0.4 is 47.4 Å². The van der Waals surface area contributed by atoms with Crippen LogP contribution in [0.3, 0.4) is 0 Å². The quantitative estimate of drug-likeness (QED) is 0.0206. The van der Waals surface area contributed by atoms with Gasteiger partial charge in [0.1, 0.15) is 78.6 Å². The zero-order chi connectivity index (χ0) is 79.0. The van der Waals surface area contributed by atoms with E-state index in [9.17, 15) is 93.8 Å². The van der Waals surface area contributed by atoms with Gasteiger partial charge in [0.25, 0.3) is 7.82 Å². The molecule has 0 saturated carbocycles. The Balaban J connectivity index is 1.61. The third kappa shape index (κ3) is 40.3. The normalized spacial score (nSPS) is 25.5. The van der Waals surface area contributed by atoms with Crippen molar-refractivity contribution in [3.8, 4) is 0 Å². The van der Waals surface area contributed by atoms with Crippen LogP contribution in [0.25, 0.3) is 0 Å². The molecule has 3 heterocycles. The Labute approximate surface area is 626 Å². The number of phosphoric ester groups is 1.